The van der Waals surface area contributed by atoms with Gasteiger partial charge in [0.1, 0.15) is 0 Å². The van der Waals surface area contributed by atoms with E-state index >= 15 is 0 Å². The number of para-hydroxylation sites is 1. The molecule has 0 spiro atoms. The number of ether oxygens (including phenoxy) is 1. The number of carboxylic acids is 1. The average molecular weight is 311 g/mol. The largest absolute Gasteiger partial charge is 0.491 e. The van der Waals surface area contributed by atoms with Crippen LogP contribution in [0.25, 0.3) is 0 Å². The van der Waals surface area contributed by atoms with Crippen molar-refractivity contribution in [2.24, 2.45) is 0 Å². The maximum atomic E-state index is 13.3. The van der Waals surface area contributed by atoms with Gasteiger partial charge in [0, 0.05) is 18.4 Å². The number of amides is 1. The number of carbonyl (C=O) groups excluding carboxylic acids is 1. The quantitative estimate of drug-likeness (QED) is 0.688. The van der Waals surface area contributed by atoms with Crippen LogP contribution < -0.4 is 10.1 Å². The molecular formula is C16H22FNO4. The molecule has 122 valence electrons. The van der Waals surface area contributed by atoms with Gasteiger partial charge in [0.05, 0.1) is 6.61 Å². The highest BCUT2D eigenvalue weighted by Crippen LogP contribution is 2.16. The first kappa shape index (κ1) is 17.9. The summed E-state index contributed by atoms with van der Waals surface area (Å²) in [7, 11) is 0. The van der Waals surface area contributed by atoms with Gasteiger partial charge in [-0.3, -0.25) is 9.59 Å². The molecule has 0 aliphatic carbocycles. The van der Waals surface area contributed by atoms with Crippen LogP contribution in [-0.4, -0.2) is 29.1 Å². The van der Waals surface area contributed by atoms with E-state index in [0.717, 1.165) is 0 Å². The van der Waals surface area contributed by atoms with Crippen molar-refractivity contribution < 1.29 is 23.8 Å². The van der Waals surface area contributed by atoms with E-state index < -0.39 is 17.3 Å². The number of hydrogen-bond acceptors (Lipinski definition) is 3. The molecule has 0 aliphatic heterocycles. The Labute approximate surface area is 129 Å². The van der Waals surface area contributed by atoms with Gasteiger partial charge in [-0.05, 0) is 38.8 Å². The lowest BCUT2D eigenvalue weighted by atomic mass is 9.98. The number of carbonyl (C=O) groups is 2. The van der Waals surface area contributed by atoms with Crippen molar-refractivity contribution in [3.05, 3.63) is 30.1 Å². The highest BCUT2D eigenvalue weighted by molar-refractivity contribution is 5.76. The Bertz CT molecular complexity index is 517. The smallest absolute Gasteiger partial charge is 0.303 e. The zero-order valence-electron chi connectivity index (χ0n) is 12.9. The predicted molar refractivity (Wildman–Crippen MR) is 80.2 cm³/mol. The zero-order valence-corrected chi connectivity index (χ0v) is 12.9. The minimum absolute atomic E-state index is 0.00365. The molecule has 1 amide bonds. The highest BCUT2D eigenvalue weighted by Gasteiger charge is 2.21. The summed E-state index contributed by atoms with van der Waals surface area (Å²) < 4.78 is 18.6. The van der Waals surface area contributed by atoms with Crippen molar-refractivity contribution in [3.8, 4) is 5.75 Å². The molecule has 5 nitrogen and oxygen atoms in total. The second-order valence-electron chi connectivity index (χ2n) is 5.71. The first-order valence-corrected chi connectivity index (χ1v) is 7.20. The van der Waals surface area contributed by atoms with Gasteiger partial charge in [-0.2, -0.15) is 0 Å². The molecule has 2 N–H and O–H groups in total. The van der Waals surface area contributed by atoms with Crippen LogP contribution in [-0.2, 0) is 9.59 Å². The Balaban J connectivity index is 2.26. The number of nitrogens with one attached hydrogen (secondary N) is 1. The second kappa shape index (κ2) is 8.36. The molecule has 0 bridgehead atoms. The third-order valence-corrected chi connectivity index (χ3v) is 3.08. The molecule has 0 aliphatic rings. The SMILES string of the molecule is CC(C)(CCC(=O)O)NC(=O)CCCOc1ccccc1F. The number of carboxylic acid groups (broad SMARTS) is 1. The van der Waals surface area contributed by atoms with E-state index in [9.17, 15) is 14.0 Å². The van der Waals surface area contributed by atoms with Crippen LogP contribution in [0.3, 0.4) is 0 Å². The molecule has 0 radical (unpaired) electrons. The Morgan fingerprint density at radius 3 is 2.59 bits per heavy atom. The van der Waals surface area contributed by atoms with E-state index in [1.54, 1.807) is 26.0 Å². The summed E-state index contributed by atoms with van der Waals surface area (Å²) in [4.78, 5) is 22.3. The van der Waals surface area contributed by atoms with Gasteiger partial charge in [0.15, 0.2) is 11.6 Å². The van der Waals surface area contributed by atoms with Gasteiger partial charge in [-0.15, -0.1) is 0 Å². The van der Waals surface area contributed by atoms with Crippen LogP contribution >= 0.6 is 0 Å². The summed E-state index contributed by atoms with van der Waals surface area (Å²) in [6.07, 6.45) is 1.06. The molecule has 1 rings (SSSR count). The van der Waals surface area contributed by atoms with Crippen LogP contribution in [0, 0.1) is 5.82 Å². The first-order chi connectivity index (χ1) is 10.3. The summed E-state index contributed by atoms with van der Waals surface area (Å²) in [5, 5.41) is 11.4. The Kier molecular flexibility index (Phi) is 6.82. The minimum Gasteiger partial charge on any atom is -0.491 e. The van der Waals surface area contributed by atoms with E-state index in [0.29, 0.717) is 12.8 Å². The Morgan fingerprint density at radius 2 is 1.95 bits per heavy atom. The standard InChI is InChI=1S/C16H22FNO4/c1-16(2,10-9-15(20)21)18-14(19)8-5-11-22-13-7-4-3-6-12(13)17/h3-4,6-7H,5,8-11H2,1-2H3,(H,18,19)(H,20,21). The lowest BCUT2D eigenvalue weighted by molar-refractivity contribution is -0.137. The molecule has 1 aromatic rings. The maximum Gasteiger partial charge on any atom is 0.303 e. The predicted octanol–water partition coefficient (Wildman–Crippen LogP) is 2.74. The monoisotopic (exact) mass is 311 g/mol. The summed E-state index contributed by atoms with van der Waals surface area (Å²) in [5.41, 5.74) is -0.568. The van der Waals surface area contributed by atoms with Crippen LogP contribution in [0.5, 0.6) is 5.75 Å². The zero-order chi connectivity index (χ0) is 16.6. The van der Waals surface area contributed by atoms with E-state index in [-0.39, 0.29) is 31.1 Å². The molecule has 22 heavy (non-hydrogen) atoms. The lowest BCUT2D eigenvalue weighted by Gasteiger charge is -2.25. The number of hydrogen-bond donors (Lipinski definition) is 2. The van der Waals surface area contributed by atoms with Gasteiger partial charge in [0.2, 0.25) is 5.91 Å². The fourth-order valence-electron chi connectivity index (χ4n) is 1.90. The summed E-state index contributed by atoms with van der Waals surface area (Å²) >= 11 is 0. The second-order valence-corrected chi connectivity index (χ2v) is 5.71. The molecule has 0 aromatic heterocycles. The van der Waals surface area contributed by atoms with E-state index in [2.05, 4.69) is 5.32 Å². The van der Waals surface area contributed by atoms with Crippen LogP contribution in [0.2, 0.25) is 0 Å². The van der Waals surface area contributed by atoms with Crippen molar-refractivity contribution in [3.63, 3.8) is 0 Å². The molecular weight excluding hydrogens is 289 g/mol. The molecule has 0 heterocycles. The fourth-order valence-corrected chi connectivity index (χ4v) is 1.90. The van der Waals surface area contributed by atoms with E-state index in [1.807, 2.05) is 0 Å². The average Bonchev–Trinajstić information content (AvgIpc) is 2.43. The van der Waals surface area contributed by atoms with Crippen molar-refractivity contribution >= 4 is 11.9 Å². The van der Waals surface area contributed by atoms with Gasteiger partial charge < -0.3 is 15.2 Å². The number of halogens is 1. The normalized spacial score (nSPS) is 11.0. The molecule has 0 atom stereocenters. The highest BCUT2D eigenvalue weighted by atomic mass is 19.1. The summed E-state index contributed by atoms with van der Waals surface area (Å²) in [6, 6.07) is 6.10. The third kappa shape index (κ3) is 7.06. The molecule has 0 fully saturated rings. The van der Waals surface area contributed by atoms with Gasteiger partial charge in [0.25, 0.3) is 0 Å². The first-order valence-electron chi connectivity index (χ1n) is 7.20. The van der Waals surface area contributed by atoms with Crippen molar-refractivity contribution in [2.75, 3.05) is 6.61 Å². The molecule has 1 aromatic carbocycles. The van der Waals surface area contributed by atoms with Gasteiger partial charge >= 0.3 is 5.97 Å². The fraction of sp³-hybridized carbons (Fsp3) is 0.500. The molecule has 0 saturated carbocycles. The summed E-state index contributed by atoms with van der Waals surface area (Å²) in [5.74, 6) is -1.32. The lowest BCUT2D eigenvalue weighted by Crippen LogP contribution is -2.43. The summed E-state index contributed by atoms with van der Waals surface area (Å²) in [6.45, 7) is 3.80. The topological polar surface area (TPSA) is 75.6 Å². The third-order valence-electron chi connectivity index (χ3n) is 3.08. The minimum atomic E-state index is -0.888. The van der Waals surface area contributed by atoms with Crippen molar-refractivity contribution in [1.29, 1.82) is 0 Å². The van der Waals surface area contributed by atoms with Crippen LogP contribution in [0.15, 0.2) is 24.3 Å². The van der Waals surface area contributed by atoms with E-state index in [1.165, 1.54) is 12.1 Å². The number of rotatable bonds is 9. The molecule has 6 heteroatoms. The van der Waals surface area contributed by atoms with Crippen molar-refractivity contribution in [1.82, 2.24) is 5.32 Å². The van der Waals surface area contributed by atoms with Crippen LogP contribution in [0.1, 0.15) is 39.5 Å². The van der Waals surface area contributed by atoms with E-state index in [4.69, 9.17) is 9.84 Å². The number of benzene rings is 1. The van der Waals surface area contributed by atoms with Crippen LogP contribution in [0.4, 0.5) is 4.39 Å². The molecule has 0 saturated heterocycles. The maximum absolute atomic E-state index is 13.3. The van der Waals surface area contributed by atoms with Gasteiger partial charge in [-0.1, -0.05) is 12.1 Å². The number of aliphatic carboxylic acids is 1. The van der Waals surface area contributed by atoms with Crippen molar-refractivity contribution in [2.45, 2.75) is 45.1 Å². The Hall–Kier alpha value is -2.11. The van der Waals surface area contributed by atoms with Gasteiger partial charge in [-0.25, -0.2) is 4.39 Å². The molecule has 0 unspecified atom stereocenters. The Morgan fingerprint density at radius 1 is 1.27 bits per heavy atom.